The van der Waals surface area contributed by atoms with Crippen molar-refractivity contribution >= 4 is 17.9 Å². The summed E-state index contributed by atoms with van der Waals surface area (Å²) in [6.07, 6.45) is 63.7. The van der Waals surface area contributed by atoms with Gasteiger partial charge >= 0.3 is 17.9 Å². The molecule has 60 heavy (non-hydrogen) atoms. The summed E-state index contributed by atoms with van der Waals surface area (Å²) in [6, 6.07) is 0. The monoisotopic (exact) mass is 831 g/mol. The first kappa shape index (κ1) is 56.1. The number of allylic oxidation sites excluding steroid dienone is 18. The maximum Gasteiger partial charge on any atom is 0.306 e. The highest BCUT2D eigenvalue weighted by Gasteiger charge is 2.19. The molecule has 0 saturated heterocycles. The lowest BCUT2D eigenvalue weighted by molar-refractivity contribution is -0.167. The Morgan fingerprint density at radius 1 is 0.350 bits per heavy atom. The van der Waals surface area contributed by atoms with E-state index in [-0.39, 0.29) is 37.5 Å². The number of unbranched alkanes of at least 4 members (excludes halogenated alkanes) is 12. The zero-order valence-corrected chi connectivity index (χ0v) is 38.4. The summed E-state index contributed by atoms with van der Waals surface area (Å²) in [5.74, 6) is -1.04. The molecule has 0 fully saturated rings. The number of rotatable bonds is 41. The van der Waals surface area contributed by atoms with Crippen LogP contribution < -0.4 is 0 Å². The van der Waals surface area contributed by atoms with Crippen molar-refractivity contribution in [2.24, 2.45) is 0 Å². The molecule has 0 spiro atoms. The van der Waals surface area contributed by atoms with Crippen molar-refractivity contribution in [2.45, 2.75) is 200 Å². The van der Waals surface area contributed by atoms with Gasteiger partial charge in [0.15, 0.2) is 6.10 Å². The second-order valence-corrected chi connectivity index (χ2v) is 15.2. The topological polar surface area (TPSA) is 78.9 Å². The van der Waals surface area contributed by atoms with Gasteiger partial charge in [0.2, 0.25) is 0 Å². The largest absolute Gasteiger partial charge is 0.462 e. The van der Waals surface area contributed by atoms with Crippen molar-refractivity contribution in [3.05, 3.63) is 109 Å². The zero-order valence-electron chi connectivity index (χ0n) is 38.4. The number of hydrogen-bond donors (Lipinski definition) is 0. The molecule has 0 radical (unpaired) electrons. The van der Waals surface area contributed by atoms with Crippen LogP contribution in [-0.4, -0.2) is 37.2 Å². The molecule has 0 bridgehead atoms. The summed E-state index contributed by atoms with van der Waals surface area (Å²) in [5, 5.41) is 0. The third-order valence-electron chi connectivity index (χ3n) is 9.49. The van der Waals surface area contributed by atoms with Gasteiger partial charge in [-0.05, 0) is 116 Å². The molecule has 0 rings (SSSR count). The maximum atomic E-state index is 12.7. The highest BCUT2D eigenvalue weighted by atomic mass is 16.6. The molecule has 6 nitrogen and oxygen atoms in total. The number of carbonyl (C=O) groups excluding carboxylic acids is 3. The second-order valence-electron chi connectivity index (χ2n) is 15.2. The van der Waals surface area contributed by atoms with Gasteiger partial charge in [0, 0.05) is 19.3 Å². The molecule has 0 aromatic rings. The first-order valence-electron chi connectivity index (χ1n) is 23.9. The number of ether oxygens (including phenoxy) is 3. The fraction of sp³-hybridized carbons (Fsp3) is 0.611. The van der Waals surface area contributed by atoms with Crippen LogP contribution >= 0.6 is 0 Å². The summed E-state index contributed by atoms with van der Waals surface area (Å²) in [4.78, 5) is 37.8. The van der Waals surface area contributed by atoms with E-state index in [2.05, 4.69) is 130 Å². The number of hydrogen-bond acceptors (Lipinski definition) is 6. The van der Waals surface area contributed by atoms with Gasteiger partial charge in [0.25, 0.3) is 0 Å². The highest BCUT2D eigenvalue weighted by molar-refractivity contribution is 5.71. The van der Waals surface area contributed by atoms with Crippen molar-refractivity contribution in [3.8, 4) is 0 Å². The first-order valence-corrected chi connectivity index (χ1v) is 23.9. The van der Waals surface area contributed by atoms with E-state index in [1.165, 1.54) is 38.5 Å². The average Bonchev–Trinajstić information content (AvgIpc) is 3.24. The maximum absolute atomic E-state index is 12.7. The first-order chi connectivity index (χ1) is 29.5. The molecule has 1 unspecified atom stereocenters. The lowest BCUT2D eigenvalue weighted by Gasteiger charge is -2.18. The molecular weight excluding hydrogens is 745 g/mol. The normalized spacial score (nSPS) is 13.1. The Hall–Kier alpha value is -3.93. The molecule has 0 aliphatic heterocycles. The Morgan fingerprint density at radius 2 is 0.667 bits per heavy atom. The summed E-state index contributed by atoms with van der Waals surface area (Å²) in [7, 11) is 0. The molecular formula is C54H86O6. The fourth-order valence-electron chi connectivity index (χ4n) is 5.95. The molecule has 0 saturated carbocycles. The third kappa shape index (κ3) is 45.2. The van der Waals surface area contributed by atoms with E-state index in [4.69, 9.17) is 14.2 Å². The van der Waals surface area contributed by atoms with Crippen LogP contribution in [0.4, 0.5) is 0 Å². The van der Waals surface area contributed by atoms with Crippen LogP contribution in [0.15, 0.2) is 109 Å². The molecule has 338 valence electrons. The van der Waals surface area contributed by atoms with Crippen molar-refractivity contribution in [3.63, 3.8) is 0 Å². The van der Waals surface area contributed by atoms with Gasteiger partial charge in [-0.2, -0.15) is 0 Å². The Balaban J connectivity index is 4.50. The van der Waals surface area contributed by atoms with E-state index in [1.807, 2.05) is 0 Å². The van der Waals surface area contributed by atoms with Crippen molar-refractivity contribution < 1.29 is 28.6 Å². The van der Waals surface area contributed by atoms with Gasteiger partial charge in [-0.3, -0.25) is 14.4 Å². The molecule has 6 heteroatoms. The van der Waals surface area contributed by atoms with E-state index in [0.717, 1.165) is 109 Å². The van der Waals surface area contributed by atoms with Gasteiger partial charge in [-0.15, -0.1) is 0 Å². The van der Waals surface area contributed by atoms with E-state index in [1.54, 1.807) is 0 Å². The molecule has 1 atom stereocenters. The lowest BCUT2D eigenvalue weighted by atomic mass is 10.1. The smallest absolute Gasteiger partial charge is 0.306 e. The molecule has 0 aliphatic carbocycles. The van der Waals surface area contributed by atoms with Gasteiger partial charge in [-0.1, -0.05) is 169 Å². The van der Waals surface area contributed by atoms with Gasteiger partial charge in [0.05, 0.1) is 0 Å². The molecule has 0 aromatic carbocycles. The standard InChI is InChI=1S/C54H86O6/c1-4-7-10-13-16-19-21-23-25-27-29-30-32-35-38-41-44-47-53(56)59-50-51(49-58-52(55)46-43-40-37-34-18-15-12-9-6-3)60-54(57)48-45-42-39-36-33-31-28-26-24-22-20-17-14-11-8-5-2/h8-9,11-12,16-20,23-26,29-30,34-35,38,51H,4-7,10,13-15,21-22,27-28,31-33,36-37,39-50H2,1-3H3/b11-8-,12-9-,19-16-,20-17-,25-23-,26-24-,30-29-,34-18-,38-35-. The summed E-state index contributed by atoms with van der Waals surface area (Å²) in [6.45, 7) is 6.26. The number of esters is 3. The minimum absolute atomic E-state index is 0.120. The minimum Gasteiger partial charge on any atom is -0.462 e. The molecule has 0 heterocycles. The van der Waals surface area contributed by atoms with E-state index in [0.29, 0.717) is 19.3 Å². The van der Waals surface area contributed by atoms with Crippen LogP contribution in [0.5, 0.6) is 0 Å². The predicted molar refractivity (Wildman–Crippen MR) is 256 cm³/mol. The molecule has 0 N–H and O–H groups in total. The Labute approximate surface area is 368 Å². The van der Waals surface area contributed by atoms with Crippen LogP contribution in [0.1, 0.15) is 194 Å². The van der Waals surface area contributed by atoms with Gasteiger partial charge in [-0.25, -0.2) is 0 Å². The van der Waals surface area contributed by atoms with Crippen LogP contribution in [0.25, 0.3) is 0 Å². The van der Waals surface area contributed by atoms with Crippen LogP contribution in [0.3, 0.4) is 0 Å². The average molecular weight is 831 g/mol. The van der Waals surface area contributed by atoms with Crippen molar-refractivity contribution in [2.75, 3.05) is 13.2 Å². The minimum atomic E-state index is -0.820. The zero-order chi connectivity index (χ0) is 43.7. The summed E-state index contributed by atoms with van der Waals surface area (Å²) < 4.78 is 16.6. The predicted octanol–water partition coefficient (Wildman–Crippen LogP) is 15.6. The van der Waals surface area contributed by atoms with Crippen molar-refractivity contribution in [1.82, 2.24) is 0 Å². The van der Waals surface area contributed by atoms with Crippen LogP contribution in [0, 0.1) is 0 Å². The van der Waals surface area contributed by atoms with E-state index < -0.39 is 6.10 Å². The van der Waals surface area contributed by atoms with Crippen LogP contribution in [0.2, 0.25) is 0 Å². The second kappa shape index (κ2) is 47.7. The molecule has 0 amide bonds. The molecule has 0 aliphatic rings. The van der Waals surface area contributed by atoms with Crippen LogP contribution in [-0.2, 0) is 28.6 Å². The van der Waals surface area contributed by atoms with Gasteiger partial charge < -0.3 is 14.2 Å². The SMILES string of the molecule is CC/C=C\C/C=C\C/C=C\CCCCCCCCC(=O)OC(COC(=O)CCC/C=C\C/C=C\C/C=C\C/C=C\CCCCC)COC(=O)CCCC/C=C\C/C=C\CC. The van der Waals surface area contributed by atoms with E-state index >= 15 is 0 Å². The summed E-state index contributed by atoms with van der Waals surface area (Å²) in [5.41, 5.74) is 0. The Morgan fingerprint density at radius 3 is 1.12 bits per heavy atom. The Bertz CT molecular complexity index is 1280. The summed E-state index contributed by atoms with van der Waals surface area (Å²) >= 11 is 0. The quantitative estimate of drug-likeness (QED) is 0.0264. The third-order valence-corrected chi connectivity index (χ3v) is 9.49. The van der Waals surface area contributed by atoms with Gasteiger partial charge in [0.1, 0.15) is 13.2 Å². The van der Waals surface area contributed by atoms with E-state index in [9.17, 15) is 14.4 Å². The number of carbonyl (C=O) groups is 3. The van der Waals surface area contributed by atoms with Crippen molar-refractivity contribution in [1.29, 1.82) is 0 Å². The lowest BCUT2D eigenvalue weighted by Crippen LogP contribution is -2.30. The highest BCUT2D eigenvalue weighted by Crippen LogP contribution is 2.12. The fourth-order valence-corrected chi connectivity index (χ4v) is 5.95. The Kier molecular flexibility index (Phi) is 44.6. The molecule has 0 aromatic heterocycles.